The summed E-state index contributed by atoms with van der Waals surface area (Å²) < 4.78 is 0. The number of carbonyl (C=O) groups excluding carboxylic acids is 1. The predicted octanol–water partition coefficient (Wildman–Crippen LogP) is 0.796. The second kappa shape index (κ2) is 6.21. The van der Waals surface area contributed by atoms with E-state index in [1.807, 2.05) is 13.8 Å². The summed E-state index contributed by atoms with van der Waals surface area (Å²) in [5.74, 6) is 0.0337. The molecule has 0 radical (unpaired) electrons. The standard InChI is InChI=1S/C12H24N2O2/c1-12(2,9-15)14-11(16)7-6-10-5-3-4-8-13-10/h10,13,15H,3-9H2,1-2H3,(H,14,16). The molecule has 4 heteroatoms. The van der Waals surface area contributed by atoms with Gasteiger partial charge in [-0.15, -0.1) is 0 Å². The summed E-state index contributed by atoms with van der Waals surface area (Å²) in [5, 5.41) is 15.3. The fraction of sp³-hybridized carbons (Fsp3) is 0.917. The Hall–Kier alpha value is -0.610. The van der Waals surface area contributed by atoms with Crippen LogP contribution in [-0.2, 0) is 4.79 Å². The molecule has 0 aromatic carbocycles. The Labute approximate surface area is 97.8 Å². The predicted molar refractivity (Wildman–Crippen MR) is 64.2 cm³/mol. The summed E-state index contributed by atoms with van der Waals surface area (Å²) >= 11 is 0. The largest absolute Gasteiger partial charge is 0.394 e. The van der Waals surface area contributed by atoms with Crippen LogP contribution in [0.5, 0.6) is 0 Å². The van der Waals surface area contributed by atoms with E-state index in [9.17, 15) is 4.79 Å². The number of rotatable bonds is 5. The lowest BCUT2D eigenvalue weighted by atomic mass is 10.00. The zero-order valence-electron chi connectivity index (χ0n) is 10.4. The third-order valence-electron chi connectivity index (χ3n) is 3.01. The molecule has 1 saturated heterocycles. The van der Waals surface area contributed by atoms with Crippen molar-refractivity contribution in [3.8, 4) is 0 Å². The van der Waals surface area contributed by atoms with Gasteiger partial charge in [0.1, 0.15) is 0 Å². The van der Waals surface area contributed by atoms with Gasteiger partial charge < -0.3 is 15.7 Å². The quantitative estimate of drug-likeness (QED) is 0.652. The number of aliphatic hydroxyl groups is 1. The molecule has 1 fully saturated rings. The molecule has 1 aliphatic heterocycles. The summed E-state index contributed by atoms with van der Waals surface area (Å²) in [6.07, 6.45) is 5.13. The monoisotopic (exact) mass is 228 g/mol. The van der Waals surface area contributed by atoms with Gasteiger partial charge in [-0.05, 0) is 39.7 Å². The van der Waals surface area contributed by atoms with E-state index < -0.39 is 5.54 Å². The molecule has 1 amide bonds. The van der Waals surface area contributed by atoms with Crippen LogP contribution in [0, 0.1) is 0 Å². The van der Waals surface area contributed by atoms with Crippen LogP contribution in [0.1, 0.15) is 46.0 Å². The Morgan fingerprint density at radius 1 is 1.50 bits per heavy atom. The lowest BCUT2D eigenvalue weighted by Gasteiger charge is -2.26. The second-order valence-electron chi connectivity index (χ2n) is 5.28. The first-order valence-corrected chi connectivity index (χ1v) is 6.19. The first-order valence-electron chi connectivity index (χ1n) is 6.19. The van der Waals surface area contributed by atoms with Crippen molar-refractivity contribution in [2.45, 2.75) is 57.5 Å². The van der Waals surface area contributed by atoms with Crippen molar-refractivity contribution in [3.05, 3.63) is 0 Å². The summed E-state index contributed by atoms with van der Waals surface area (Å²) in [6.45, 7) is 4.70. The smallest absolute Gasteiger partial charge is 0.220 e. The van der Waals surface area contributed by atoms with E-state index in [0.29, 0.717) is 12.5 Å². The molecular formula is C12H24N2O2. The van der Waals surface area contributed by atoms with Crippen LogP contribution in [-0.4, -0.2) is 35.7 Å². The minimum Gasteiger partial charge on any atom is -0.394 e. The average Bonchev–Trinajstić information content (AvgIpc) is 2.27. The van der Waals surface area contributed by atoms with Gasteiger partial charge in [0.15, 0.2) is 0 Å². The van der Waals surface area contributed by atoms with Gasteiger partial charge in [-0.1, -0.05) is 6.42 Å². The number of aliphatic hydroxyl groups excluding tert-OH is 1. The highest BCUT2D eigenvalue weighted by atomic mass is 16.3. The van der Waals surface area contributed by atoms with Gasteiger partial charge in [0.05, 0.1) is 12.1 Å². The van der Waals surface area contributed by atoms with Gasteiger partial charge in [-0.25, -0.2) is 0 Å². The highest BCUT2D eigenvalue weighted by Gasteiger charge is 2.20. The van der Waals surface area contributed by atoms with Crippen LogP contribution in [0.25, 0.3) is 0 Å². The van der Waals surface area contributed by atoms with Crippen molar-refractivity contribution < 1.29 is 9.90 Å². The molecule has 0 bridgehead atoms. The van der Waals surface area contributed by atoms with Crippen LogP contribution in [0.15, 0.2) is 0 Å². The molecule has 16 heavy (non-hydrogen) atoms. The molecule has 1 unspecified atom stereocenters. The van der Waals surface area contributed by atoms with E-state index in [2.05, 4.69) is 10.6 Å². The number of hydrogen-bond donors (Lipinski definition) is 3. The highest BCUT2D eigenvalue weighted by molar-refractivity contribution is 5.76. The third kappa shape index (κ3) is 4.94. The van der Waals surface area contributed by atoms with Gasteiger partial charge in [0.2, 0.25) is 5.91 Å². The van der Waals surface area contributed by atoms with Crippen LogP contribution >= 0.6 is 0 Å². The Morgan fingerprint density at radius 3 is 2.81 bits per heavy atom. The maximum atomic E-state index is 11.6. The van der Waals surface area contributed by atoms with Crippen LogP contribution < -0.4 is 10.6 Å². The van der Waals surface area contributed by atoms with Crippen LogP contribution in [0.2, 0.25) is 0 Å². The fourth-order valence-corrected chi connectivity index (χ4v) is 1.96. The van der Waals surface area contributed by atoms with E-state index >= 15 is 0 Å². The van der Waals surface area contributed by atoms with Crippen molar-refractivity contribution in [1.82, 2.24) is 10.6 Å². The molecule has 1 heterocycles. The summed E-state index contributed by atoms with van der Waals surface area (Å²) in [7, 11) is 0. The van der Waals surface area contributed by atoms with Crippen LogP contribution in [0.3, 0.4) is 0 Å². The molecule has 94 valence electrons. The molecule has 0 saturated carbocycles. The lowest BCUT2D eigenvalue weighted by Crippen LogP contribution is -2.46. The number of carbonyl (C=O) groups is 1. The van der Waals surface area contributed by atoms with Gasteiger partial charge in [0, 0.05) is 12.5 Å². The number of piperidine rings is 1. The van der Waals surface area contributed by atoms with E-state index in [1.54, 1.807) is 0 Å². The lowest BCUT2D eigenvalue weighted by molar-refractivity contribution is -0.123. The first-order chi connectivity index (χ1) is 7.53. The minimum atomic E-state index is -0.503. The summed E-state index contributed by atoms with van der Waals surface area (Å²) in [6, 6.07) is 0.497. The maximum Gasteiger partial charge on any atom is 0.220 e. The normalized spacial score (nSPS) is 21.8. The molecule has 1 aliphatic rings. The Bertz CT molecular complexity index is 223. The highest BCUT2D eigenvalue weighted by Crippen LogP contribution is 2.12. The van der Waals surface area contributed by atoms with E-state index in [4.69, 9.17) is 5.11 Å². The molecule has 1 rings (SSSR count). The van der Waals surface area contributed by atoms with Gasteiger partial charge in [-0.3, -0.25) is 4.79 Å². The van der Waals surface area contributed by atoms with Gasteiger partial charge in [-0.2, -0.15) is 0 Å². The van der Waals surface area contributed by atoms with Crippen molar-refractivity contribution in [2.75, 3.05) is 13.2 Å². The van der Waals surface area contributed by atoms with E-state index in [0.717, 1.165) is 13.0 Å². The molecule has 3 N–H and O–H groups in total. The van der Waals surface area contributed by atoms with Crippen molar-refractivity contribution in [1.29, 1.82) is 0 Å². The van der Waals surface area contributed by atoms with Gasteiger partial charge >= 0.3 is 0 Å². The zero-order valence-corrected chi connectivity index (χ0v) is 10.4. The Kier molecular flexibility index (Phi) is 5.22. The molecule has 4 nitrogen and oxygen atoms in total. The fourth-order valence-electron chi connectivity index (χ4n) is 1.96. The molecule has 0 aliphatic carbocycles. The SMILES string of the molecule is CC(C)(CO)NC(=O)CCC1CCCCN1. The molecule has 0 aromatic heterocycles. The number of hydrogen-bond acceptors (Lipinski definition) is 3. The average molecular weight is 228 g/mol. The van der Waals surface area contributed by atoms with Crippen LogP contribution in [0.4, 0.5) is 0 Å². The van der Waals surface area contributed by atoms with Gasteiger partial charge in [0.25, 0.3) is 0 Å². The summed E-state index contributed by atoms with van der Waals surface area (Å²) in [5.41, 5.74) is -0.503. The van der Waals surface area contributed by atoms with Crippen molar-refractivity contribution in [2.24, 2.45) is 0 Å². The Morgan fingerprint density at radius 2 is 2.25 bits per heavy atom. The zero-order chi connectivity index (χ0) is 12.0. The molecular weight excluding hydrogens is 204 g/mol. The topological polar surface area (TPSA) is 61.4 Å². The van der Waals surface area contributed by atoms with E-state index in [-0.39, 0.29) is 12.5 Å². The minimum absolute atomic E-state index is 0.0274. The molecule has 0 aromatic rings. The Balaban J connectivity index is 2.19. The maximum absolute atomic E-state index is 11.6. The van der Waals surface area contributed by atoms with Crippen molar-refractivity contribution >= 4 is 5.91 Å². The third-order valence-corrected chi connectivity index (χ3v) is 3.01. The number of nitrogens with one attached hydrogen (secondary N) is 2. The summed E-state index contributed by atoms with van der Waals surface area (Å²) in [4.78, 5) is 11.6. The first kappa shape index (κ1) is 13.5. The molecule has 1 atom stereocenters. The van der Waals surface area contributed by atoms with E-state index in [1.165, 1.54) is 19.3 Å². The van der Waals surface area contributed by atoms with Crippen molar-refractivity contribution in [3.63, 3.8) is 0 Å². The number of amides is 1. The second-order valence-corrected chi connectivity index (χ2v) is 5.28. The molecule has 0 spiro atoms.